The topological polar surface area (TPSA) is 45.2 Å². The number of nitrogens with one attached hydrogen (secondary N) is 1. The lowest BCUT2D eigenvalue weighted by atomic mass is 9.96. The van der Waals surface area contributed by atoms with Gasteiger partial charge in [-0.1, -0.05) is 12.1 Å². The van der Waals surface area contributed by atoms with Crippen molar-refractivity contribution in [3.05, 3.63) is 54.1 Å². The van der Waals surface area contributed by atoms with E-state index in [9.17, 15) is 9.18 Å². The number of nitrogens with zero attached hydrogens (tertiary/aromatic N) is 2. The molecule has 1 N–H and O–H groups in total. The fourth-order valence-corrected chi connectivity index (χ4v) is 3.85. The Labute approximate surface area is 142 Å². The molecular weight excluding hydrogens is 305 g/mol. The number of carbonyl (C=O) groups is 1. The van der Waals surface area contributed by atoms with Crippen LogP contribution in [-0.2, 0) is 4.79 Å². The zero-order valence-electron chi connectivity index (χ0n) is 13.6. The van der Waals surface area contributed by atoms with Gasteiger partial charge >= 0.3 is 0 Å². The van der Waals surface area contributed by atoms with Gasteiger partial charge in [-0.15, -0.1) is 0 Å². The highest BCUT2D eigenvalue weighted by atomic mass is 19.1. The average molecular weight is 327 g/mol. The molecule has 2 aliphatic rings. The lowest BCUT2D eigenvalue weighted by Crippen LogP contribution is -2.47. The number of amides is 1. The van der Waals surface area contributed by atoms with Crippen molar-refractivity contribution in [2.45, 2.75) is 30.8 Å². The van der Waals surface area contributed by atoms with Crippen molar-refractivity contribution in [2.75, 3.05) is 13.6 Å². The van der Waals surface area contributed by atoms with Gasteiger partial charge in [0.1, 0.15) is 11.4 Å². The van der Waals surface area contributed by atoms with Crippen LogP contribution in [0, 0.1) is 5.82 Å². The van der Waals surface area contributed by atoms with E-state index in [2.05, 4.69) is 10.3 Å². The van der Waals surface area contributed by atoms with Gasteiger partial charge in [-0.3, -0.25) is 15.1 Å². The van der Waals surface area contributed by atoms with Crippen molar-refractivity contribution in [1.82, 2.24) is 15.2 Å². The maximum Gasteiger partial charge on any atom is 0.242 e. The maximum absolute atomic E-state index is 13.1. The Balaban J connectivity index is 0.00000182. The van der Waals surface area contributed by atoms with Gasteiger partial charge < -0.3 is 4.90 Å². The fraction of sp³-hybridized carbons (Fsp3) is 0.368. The van der Waals surface area contributed by atoms with E-state index >= 15 is 0 Å². The Morgan fingerprint density at radius 3 is 2.75 bits per heavy atom. The lowest BCUT2D eigenvalue weighted by molar-refractivity contribution is -0.131. The van der Waals surface area contributed by atoms with Crippen LogP contribution in [0.2, 0.25) is 0 Å². The summed E-state index contributed by atoms with van der Waals surface area (Å²) in [7, 11) is 1.86. The number of rotatable bonds is 2. The molecule has 0 aliphatic carbocycles. The molecule has 0 saturated carbocycles. The summed E-state index contributed by atoms with van der Waals surface area (Å²) in [5.41, 5.74) is 2.51. The van der Waals surface area contributed by atoms with Crippen LogP contribution in [0.4, 0.5) is 4.39 Å². The molecule has 2 aliphatic heterocycles. The molecule has 1 amide bonds. The monoisotopic (exact) mass is 327 g/mol. The zero-order chi connectivity index (χ0) is 16.7. The third kappa shape index (κ3) is 2.49. The first kappa shape index (κ1) is 15.3. The van der Waals surface area contributed by atoms with E-state index in [1.807, 2.05) is 19.2 Å². The van der Waals surface area contributed by atoms with Gasteiger partial charge in [-0.05, 0) is 54.7 Å². The van der Waals surface area contributed by atoms with Crippen molar-refractivity contribution >= 4 is 5.91 Å². The van der Waals surface area contributed by atoms with E-state index in [-0.39, 0.29) is 19.2 Å². The van der Waals surface area contributed by atoms with Crippen LogP contribution in [0.5, 0.6) is 0 Å². The fourth-order valence-electron chi connectivity index (χ4n) is 3.85. The minimum Gasteiger partial charge on any atom is -0.344 e. The number of benzene rings is 1. The number of pyridine rings is 1. The van der Waals surface area contributed by atoms with Gasteiger partial charge in [0, 0.05) is 21.2 Å². The minimum absolute atomic E-state index is 0. The zero-order valence-corrected chi connectivity index (χ0v) is 13.6. The quantitative estimate of drug-likeness (QED) is 0.921. The molecular formula is C19H22FN3O. The Morgan fingerprint density at radius 1 is 1.25 bits per heavy atom. The minimum atomic E-state index is -0.410. The molecule has 4 nitrogen and oxygen atoms in total. The normalized spacial score (nSPS) is 26.5. The molecule has 2 aromatic rings. The van der Waals surface area contributed by atoms with Crippen LogP contribution in [0.3, 0.4) is 0 Å². The summed E-state index contributed by atoms with van der Waals surface area (Å²) in [6.07, 6.45) is 4.39. The Morgan fingerprint density at radius 2 is 2.04 bits per heavy atom. The second-order valence-corrected chi connectivity index (χ2v) is 6.77. The molecule has 4 rings (SSSR count). The molecule has 1 aromatic carbocycles. The summed E-state index contributed by atoms with van der Waals surface area (Å²) in [4.78, 5) is 18.7. The number of aromatic nitrogens is 1. The van der Waals surface area contributed by atoms with Crippen LogP contribution in [0.15, 0.2) is 42.6 Å². The van der Waals surface area contributed by atoms with Crippen molar-refractivity contribution < 1.29 is 10.6 Å². The van der Waals surface area contributed by atoms with E-state index in [0.717, 1.165) is 42.6 Å². The van der Waals surface area contributed by atoms with Crippen LogP contribution in [0.1, 0.15) is 32.4 Å². The van der Waals surface area contributed by atoms with Crippen molar-refractivity contribution in [1.29, 1.82) is 0 Å². The Kier molecular flexibility index (Phi) is 3.61. The first-order chi connectivity index (χ1) is 11.6. The van der Waals surface area contributed by atoms with E-state index in [0.29, 0.717) is 0 Å². The number of hydrogen-bond acceptors (Lipinski definition) is 3. The number of carbonyl (C=O) groups excluding carboxylic acids is 1. The molecule has 24 heavy (non-hydrogen) atoms. The third-order valence-corrected chi connectivity index (χ3v) is 5.26. The SMILES string of the molecule is CN1CC[C@@]2(CC[C@H](c3cc(-c4ccc(F)cc4)ccn3)N2)C1=O.[HH]. The van der Waals surface area contributed by atoms with Crippen LogP contribution in [0.25, 0.3) is 11.1 Å². The molecule has 5 heteroatoms. The number of likely N-dealkylation sites (N-methyl/N-ethyl adjacent to an activating group) is 1. The van der Waals surface area contributed by atoms with Crippen LogP contribution in [-0.4, -0.2) is 34.9 Å². The average Bonchev–Trinajstić information content (AvgIpc) is 3.16. The molecule has 2 fully saturated rings. The summed E-state index contributed by atoms with van der Waals surface area (Å²) < 4.78 is 13.1. The molecule has 0 bridgehead atoms. The third-order valence-electron chi connectivity index (χ3n) is 5.26. The molecule has 3 heterocycles. The Hall–Kier alpha value is -2.27. The molecule has 2 saturated heterocycles. The largest absolute Gasteiger partial charge is 0.344 e. The van der Waals surface area contributed by atoms with Gasteiger partial charge in [0.05, 0.1) is 11.7 Å². The summed E-state index contributed by atoms with van der Waals surface area (Å²) in [6, 6.07) is 10.5. The predicted octanol–water partition coefficient (Wildman–Crippen LogP) is 3.16. The predicted molar refractivity (Wildman–Crippen MR) is 91.8 cm³/mol. The number of hydrogen-bond donors (Lipinski definition) is 1. The second-order valence-electron chi connectivity index (χ2n) is 6.77. The highest BCUT2D eigenvalue weighted by Gasteiger charge is 2.50. The van der Waals surface area contributed by atoms with E-state index in [4.69, 9.17) is 0 Å². The summed E-state index contributed by atoms with van der Waals surface area (Å²) >= 11 is 0. The van der Waals surface area contributed by atoms with Gasteiger partial charge in [-0.25, -0.2) is 4.39 Å². The van der Waals surface area contributed by atoms with Gasteiger partial charge in [0.2, 0.25) is 5.91 Å². The highest BCUT2D eigenvalue weighted by Crippen LogP contribution is 2.39. The van der Waals surface area contributed by atoms with Crippen molar-refractivity contribution in [2.24, 2.45) is 0 Å². The maximum atomic E-state index is 13.1. The molecule has 126 valence electrons. The molecule has 1 aromatic heterocycles. The number of likely N-dealkylation sites (tertiary alicyclic amines) is 1. The lowest BCUT2D eigenvalue weighted by Gasteiger charge is -2.23. The van der Waals surface area contributed by atoms with Crippen molar-refractivity contribution in [3.8, 4) is 11.1 Å². The van der Waals surface area contributed by atoms with Crippen molar-refractivity contribution in [3.63, 3.8) is 0 Å². The second kappa shape index (κ2) is 5.67. The van der Waals surface area contributed by atoms with E-state index in [1.165, 1.54) is 12.1 Å². The highest BCUT2D eigenvalue weighted by molar-refractivity contribution is 5.88. The van der Waals surface area contributed by atoms with E-state index < -0.39 is 5.54 Å². The summed E-state index contributed by atoms with van der Waals surface area (Å²) in [5, 5.41) is 3.54. The van der Waals surface area contributed by atoms with Gasteiger partial charge in [0.15, 0.2) is 0 Å². The molecule has 2 atom stereocenters. The first-order valence-corrected chi connectivity index (χ1v) is 8.33. The molecule has 0 radical (unpaired) electrons. The summed E-state index contributed by atoms with van der Waals surface area (Å²) in [6.45, 7) is 0.807. The Bertz CT molecular complexity index is 782. The standard InChI is InChI=1S/C19H20FN3O.H2/c1-23-11-9-19(18(23)24)8-6-16(22-19)17-12-14(7-10-21-17)13-2-4-15(20)5-3-13;/h2-5,7,10,12,16,22H,6,8-9,11H2,1H3;1H/t16-,19+;/m1./s1. The summed E-state index contributed by atoms with van der Waals surface area (Å²) in [5.74, 6) is -0.0454. The molecule has 0 unspecified atom stereocenters. The first-order valence-electron chi connectivity index (χ1n) is 8.33. The van der Waals surface area contributed by atoms with Gasteiger partial charge in [-0.2, -0.15) is 0 Å². The van der Waals surface area contributed by atoms with E-state index in [1.54, 1.807) is 23.2 Å². The van der Waals surface area contributed by atoms with Gasteiger partial charge in [0.25, 0.3) is 0 Å². The smallest absolute Gasteiger partial charge is 0.242 e. The molecule has 1 spiro atoms. The number of halogens is 1. The van der Waals surface area contributed by atoms with Crippen LogP contribution >= 0.6 is 0 Å². The van der Waals surface area contributed by atoms with Crippen LogP contribution < -0.4 is 5.32 Å².